The summed E-state index contributed by atoms with van der Waals surface area (Å²) in [4.78, 5) is 11.7. The Bertz CT molecular complexity index is 454. The van der Waals surface area contributed by atoms with Crippen molar-refractivity contribution in [1.82, 2.24) is 15.0 Å². The van der Waals surface area contributed by atoms with E-state index in [2.05, 4.69) is 10.3 Å². The van der Waals surface area contributed by atoms with Crippen LogP contribution in [0.5, 0.6) is 0 Å². The molecule has 7 heteroatoms. The molecule has 2 rings (SSSR count). The molecule has 112 valence electrons. The molecular weight excluding hydrogens is 268 g/mol. The van der Waals surface area contributed by atoms with Crippen LogP contribution in [0.3, 0.4) is 0 Å². The number of nitrogens with zero attached hydrogens (tertiary/aromatic N) is 3. The van der Waals surface area contributed by atoms with Gasteiger partial charge >= 0.3 is 5.97 Å². The van der Waals surface area contributed by atoms with Crippen LogP contribution < -0.4 is 0 Å². The quantitative estimate of drug-likeness (QED) is 0.630. The monoisotopic (exact) mass is 287 g/mol. The first-order valence-corrected chi connectivity index (χ1v) is 7.05. The van der Waals surface area contributed by atoms with Crippen LogP contribution in [0, 0.1) is 0 Å². The highest BCUT2D eigenvalue weighted by atomic mass is 19.3. The number of hydrogen-bond acceptors (Lipinski definition) is 4. The van der Waals surface area contributed by atoms with Gasteiger partial charge in [0.25, 0.3) is 6.43 Å². The van der Waals surface area contributed by atoms with Crippen LogP contribution in [0.1, 0.15) is 74.1 Å². The Hall–Kier alpha value is -1.53. The van der Waals surface area contributed by atoms with Crippen molar-refractivity contribution in [3.8, 4) is 0 Å². The molecular formula is C13H19F2N3O2. The first kappa shape index (κ1) is 14.9. The predicted molar refractivity (Wildman–Crippen MR) is 67.7 cm³/mol. The summed E-state index contributed by atoms with van der Waals surface area (Å²) in [5.74, 6) is -0.831. The lowest BCUT2D eigenvalue weighted by atomic mass is 10.1. The van der Waals surface area contributed by atoms with E-state index in [1.165, 1.54) is 4.68 Å². The summed E-state index contributed by atoms with van der Waals surface area (Å²) in [7, 11) is 0. The molecule has 1 fully saturated rings. The molecule has 0 spiro atoms. The van der Waals surface area contributed by atoms with E-state index in [-0.39, 0.29) is 18.3 Å². The van der Waals surface area contributed by atoms with Gasteiger partial charge in [-0.15, -0.1) is 5.10 Å². The molecule has 1 aromatic rings. The second-order valence-electron chi connectivity index (χ2n) is 4.93. The lowest BCUT2D eigenvalue weighted by Gasteiger charge is -2.16. The lowest BCUT2D eigenvalue weighted by Crippen LogP contribution is -2.16. The van der Waals surface area contributed by atoms with Gasteiger partial charge in [-0.2, -0.15) is 0 Å². The average molecular weight is 287 g/mol. The Kier molecular flexibility index (Phi) is 5.03. The van der Waals surface area contributed by atoms with Crippen LogP contribution in [0.25, 0.3) is 0 Å². The Morgan fingerprint density at radius 3 is 2.55 bits per heavy atom. The van der Waals surface area contributed by atoms with E-state index in [9.17, 15) is 13.6 Å². The van der Waals surface area contributed by atoms with Gasteiger partial charge in [0.1, 0.15) is 5.69 Å². The van der Waals surface area contributed by atoms with Gasteiger partial charge in [-0.05, 0) is 19.8 Å². The van der Waals surface area contributed by atoms with Crippen LogP contribution in [-0.2, 0) is 4.74 Å². The fraction of sp³-hybridized carbons (Fsp3) is 0.769. The normalized spacial score (nSPS) is 17.2. The van der Waals surface area contributed by atoms with Crippen molar-refractivity contribution in [2.45, 2.75) is 57.9 Å². The van der Waals surface area contributed by atoms with Gasteiger partial charge in [-0.3, -0.25) is 0 Å². The van der Waals surface area contributed by atoms with Gasteiger partial charge in [0.05, 0.1) is 12.6 Å². The summed E-state index contributed by atoms with van der Waals surface area (Å²) in [6.45, 7) is 1.74. The van der Waals surface area contributed by atoms with E-state index in [1.54, 1.807) is 6.92 Å². The van der Waals surface area contributed by atoms with Crippen LogP contribution >= 0.6 is 0 Å². The summed E-state index contributed by atoms with van der Waals surface area (Å²) in [5, 5.41) is 7.41. The molecule has 1 saturated carbocycles. The van der Waals surface area contributed by atoms with Gasteiger partial charge in [0.15, 0.2) is 5.69 Å². The molecule has 1 heterocycles. The number of aromatic nitrogens is 3. The van der Waals surface area contributed by atoms with E-state index in [0.29, 0.717) is 0 Å². The first-order chi connectivity index (χ1) is 9.65. The fourth-order valence-corrected chi connectivity index (χ4v) is 2.62. The molecule has 0 unspecified atom stereocenters. The Labute approximate surface area is 116 Å². The maximum absolute atomic E-state index is 13.3. The first-order valence-electron chi connectivity index (χ1n) is 7.05. The molecule has 0 atom stereocenters. The smallest absolute Gasteiger partial charge is 0.361 e. The van der Waals surface area contributed by atoms with Crippen molar-refractivity contribution in [3.63, 3.8) is 0 Å². The number of ether oxygens (including phenoxy) is 1. The molecule has 0 bridgehead atoms. The molecule has 0 saturated heterocycles. The number of hydrogen-bond donors (Lipinski definition) is 0. The van der Waals surface area contributed by atoms with E-state index in [4.69, 9.17) is 4.74 Å². The third-order valence-corrected chi connectivity index (χ3v) is 3.58. The van der Waals surface area contributed by atoms with Crippen molar-refractivity contribution in [2.75, 3.05) is 6.61 Å². The molecule has 0 aromatic carbocycles. The summed E-state index contributed by atoms with van der Waals surface area (Å²) in [5.41, 5.74) is -0.763. The summed E-state index contributed by atoms with van der Waals surface area (Å²) in [6, 6.07) is -0.0998. The molecule has 0 aliphatic heterocycles. The number of esters is 1. The molecule has 1 aliphatic rings. The maximum atomic E-state index is 13.3. The minimum atomic E-state index is -2.78. The van der Waals surface area contributed by atoms with Crippen molar-refractivity contribution in [3.05, 3.63) is 11.4 Å². The zero-order chi connectivity index (χ0) is 14.5. The summed E-state index contributed by atoms with van der Waals surface area (Å²) in [6.07, 6.45) is 3.01. The predicted octanol–water partition coefficient (Wildman–Crippen LogP) is 3.29. The SMILES string of the molecule is CCOC(=O)c1nnn(C2CCCCCC2)c1C(F)F. The summed E-state index contributed by atoms with van der Waals surface area (Å²) >= 11 is 0. The zero-order valence-corrected chi connectivity index (χ0v) is 11.5. The van der Waals surface area contributed by atoms with Gasteiger partial charge in [-0.1, -0.05) is 30.9 Å². The van der Waals surface area contributed by atoms with Crippen molar-refractivity contribution in [1.29, 1.82) is 0 Å². The van der Waals surface area contributed by atoms with E-state index >= 15 is 0 Å². The lowest BCUT2D eigenvalue weighted by molar-refractivity contribution is 0.0506. The Balaban J connectivity index is 2.30. The molecule has 1 aromatic heterocycles. The largest absolute Gasteiger partial charge is 0.461 e. The van der Waals surface area contributed by atoms with Crippen LogP contribution in [-0.4, -0.2) is 27.6 Å². The van der Waals surface area contributed by atoms with Crippen molar-refractivity contribution in [2.24, 2.45) is 0 Å². The number of halogens is 2. The maximum Gasteiger partial charge on any atom is 0.361 e. The third-order valence-electron chi connectivity index (χ3n) is 3.58. The molecule has 20 heavy (non-hydrogen) atoms. The van der Waals surface area contributed by atoms with Crippen LogP contribution in [0.4, 0.5) is 8.78 Å². The van der Waals surface area contributed by atoms with E-state index in [0.717, 1.165) is 38.5 Å². The highest BCUT2D eigenvalue weighted by molar-refractivity contribution is 5.88. The minimum Gasteiger partial charge on any atom is -0.461 e. The van der Waals surface area contributed by atoms with Crippen molar-refractivity contribution < 1.29 is 18.3 Å². The van der Waals surface area contributed by atoms with Crippen molar-refractivity contribution >= 4 is 5.97 Å². The van der Waals surface area contributed by atoms with Crippen LogP contribution in [0.2, 0.25) is 0 Å². The molecule has 1 aliphatic carbocycles. The second kappa shape index (κ2) is 6.76. The summed E-state index contributed by atoms with van der Waals surface area (Å²) < 4.78 is 32.5. The van der Waals surface area contributed by atoms with Crippen LogP contribution in [0.15, 0.2) is 0 Å². The highest BCUT2D eigenvalue weighted by Gasteiger charge is 2.30. The molecule has 0 N–H and O–H groups in total. The fourth-order valence-electron chi connectivity index (χ4n) is 2.62. The number of rotatable bonds is 4. The Morgan fingerprint density at radius 1 is 1.35 bits per heavy atom. The van der Waals surface area contributed by atoms with Gasteiger partial charge in [-0.25, -0.2) is 18.3 Å². The highest BCUT2D eigenvalue weighted by Crippen LogP contribution is 2.31. The number of carbonyl (C=O) groups is 1. The van der Waals surface area contributed by atoms with Gasteiger partial charge in [0, 0.05) is 0 Å². The topological polar surface area (TPSA) is 57.0 Å². The molecule has 0 radical (unpaired) electrons. The van der Waals surface area contributed by atoms with E-state index in [1.807, 2.05) is 0 Å². The number of alkyl halides is 2. The second-order valence-corrected chi connectivity index (χ2v) is 4.93. The van der Waals surface area contributed by atoms with Gasteiger partial charge in [0.2, 0.25) is 0 Å². The zero-order valence-electron chi connectivity index (χ0n) is 11.5. The molecule has 5 nitrogen and oxygen atoms in total. The molecule has 0 amide bonds. The number of carbonyl (C=O) groups excluding carboxylic acids is 1. The Morgan fingerprint density at radius 2 is 2.00 bits per heavy atom. The third kappa shape index (κ3) is 3.13. The van der Waals surface area contributed by atoms with Gasteiger partial charge < -0.3 is 4.74 Å². The van der Waals surface area contributed by atoms with E-state index < -0.39 is 18.1 Å². The standard InChI is InChI=1S/C13H19F2N3O2/c1-2-20-13(19)10-11(12(14)15)18(17-16-10)9-7-5-3-4-6-8-9/h9,12H,2-8H2,1H3. The average Bonchev–Trinajstić information content (AvgIpc) is 2.68. The minimum absolute atomic E-state index is 0.0998.